The maximum atomic E-state index is 12.2. The summed E-state index contributed by atoms with van der Waals surface area (Å²) in [5, 5.41) is 12.1. The number of hydrogen-bond donors (Lipinski definition) is 2. The molecule has 2 fully saturated rings. The Balaban J connectivity index is 1.80. The highest BCUT2D eigenvalue weighted by molar-refractivity contribution is 5.80. The molecule has 5 heteroatoms. The molecule has 2 atom stereocenters. The topological polar surface area (TPSA) is 75.6 Å². The first-order valence-corrected chi connectivity index (χ1v) is 7.58. The summed E-state index contributed by atoms with van der Waals surface area (Å²) in [7, 11) is 0. The van der Waals surface area contributed by atoms with Crippen molar-refractivity contribution in [3.63, 3.8) is 0 Å². The lowest BCUT2D eigenvalue weighted by atomic mass is 9.80. The molecule has 114 valence electrons. The van der Waals surface area contributed by atoms with E-state index in [1.54, 1.807) is 0 Å². The fourth-order valence-electron chi connectivity index (χ4n) is 3.14. The summed E-state index contributed by atoms with van der Waals surface area (Å²) in [6.07, 6.45) is 4.77. The Morgan fingerprint density at radius 2 is 1.90 bits per heavy atom. The van der Waals surface area contributed by atoms with Crippen molar-refractivity contribution in [2.45, 2.75) is 45.4 Å². The van der Waals surface area contributed by atoms with E-state index in [0.29, 0.717) is 19.4 Å². The Morgan fingerprint density at radius 3 is 2.55 bits per heavy atom. The van der Waals surface area contributed by atoms with Crippen LogP contribution in [0.3, 0.4) is 0 Å². The maximum absolute atomic E-state index is 12.2. The fourth-order valence-corrected chi connectivity index (χ4v) is 3.14. The molecule has 0 aromatic rings. The van der Waals surface area contributed by atoms with Crippen molar-refractivity contribution < 1.29 is 19.4 Å². The first-order chi connectivity index (χ1) is 9.50. The first-order valence-electron chi connectivity index (χ1n) is 7.58. The van der Waals surface area contributed by atoms with Crippen molar-refractivity contribution in [2.24, 2.45) is 17.3 Å². The zero-order chi connectivity index (χ0) is 14.6. The second-order valence-electron chi connectivity index (χ2n) is 6.54. The van der Waals surface area contributed by atoms with Gasteiger partial charge >= 0.3 is 5.97 Å². The van der Waals surface area contributed by atoms with E-state index in [1.165, 1.54) is 0 Å². The van der Waals surface area contributed by atoms with Crippen LogP contribution in [-0.2, 0) is 14.3 Å². The fraction of sp³-hybridized carbons (Fsp3) is 0.867. The van der Waals surface area contributed by atoms with Crippen LogP contribution in [0.2, 0.25) is 0 Å². The van der Waals surface area contributed by atoms with Gasteiger partial charge in [0.05, 0.1) is 5.92 Å². The van der Waals surface area contributed by atoms with E-state index in [-0.39, 0.29) is 23.2 Å². The van der Waals surface area contributed by atoms with Gasteiger partial charge in [-0.05, 0) is 37.5 Å². The zero-order valence-electron chi connectivity index (χ0n) is 12.2. The van der Waals surface area contributed by atoms with Gasteiger partial charge in [-0.2, -0.15) is 0 Å². The molecular formula is C15H25NO4. The predicted octanol–water partition coefficient (Wildman–Crippen LogP) is 1.81. The van der Waals surface area contributed by atoms with Crippen molar-refractivity contribution in [3.05, 3.63) is 0 Å². The van der Waals surface area contributed by atoms with E-state index in [0.717, 1.165) is 38.9 Å². The molecule has 20 heavy (non-hydrogen) atoms. The summed E-state index contributed by atoms with van der Waals surface area (Å²) in [4.78, 5) is 23.2. The highest BCUT2D eigenvalue weighted by Gasteiger charge is 2.33. The highest BCUT2D eigenvalue weighted by atomic mass is 16.5. The van der Waals surface area contributed by atoms with Crippen molar-refractivity contribution in [1.29, 1.82) is 0 Å². The SMILES string of the molecule is CC1(CNC(=O)C2CCCC(C(=O)O)C2)CCOCC1. The summed E-state index contributed by atoms with van der Waals surface area (Å²) >= 11 is 0. The molecule has 0 aromatic heterocycles. The van der Waals surface area contributed by atoms with Crippen LogP contribution in [0.5, 0.6) is 0 Å². The van der Waals surface area contributed by atoms with E-state index in [1.807, 2.05) is 0 Å². The molecule has 1 saturated heterocycles. The van der Waals surface area contributed by atoms with Crippen LogP contribution in [0.1, 0.15) is 45.4 Å². The Morgan fingerprint density at radius 1 is 1.25 bits per heavy atom. The quantitative estimate of drug-likeness (QED) is 0.825. The van der Waals surface area contributed by atoms with Crippen molar-refractivity contribution in [2.75, 3.05) is 19.8 Å². The number of aliphatic carboxylic acids is 1. The minimum absolute atomic E-state index is 0.0312. The Hall–Kier alpha value is -1.10. The zero-order valence-corrected chi connectivity index (χ0v) is 12.2. The number of rotatable bonds is 4. The largest absolute Gasteiger partial charge is 0.481 e. The number of ether oxygens (including phenoxy) is 1. The standard InChI is InChI=1S/C15H25NO4/c1-15(5-7-20-8-6-15)10-16-13(17)11-3-2-4-12(9-11)14(18)19/h11-12H,2-10H2,1H3,(H,16,17)(H,18,19). The highest BCUT2D eigenvalue weighted by Crippen LogP contribution is 2.31. The van der Waals surface area contributed by atoms with E-state index < -0.39 is 5.97 Å². The molecule has 1 aliphatic heterocycles. The third-order valence-electron chi connectivity index (χ3n) is 4.78. The average molecular weight is 283 g/mol. The molecule has 1 amide bonds. The Bertz CT molecular complexity index is 363. The molecule has 0 aromatic carbocycles. The van der Waals surface area contributed by atoms with Gasteiger partial charge in [-0.25, -0.2) is 0 Å². The normalized spacial score (nSPS) is 29.6. The third kappa shape index (κ3) is 3.95. The maximum Gasteiger partial charge on any atom is 0.306 e. The van der Waals surface area contributed by atoms with Crippen molar-refractivity contribution >= 4 is 11.9 Å². The molecule has 1 saturated carbocycles. The molecule has 5 nitrogen and oxygen atoms in total. The average Bonchev–Trinajstić information content (AvgIpc) is 2.46. The van der Waals surface area contributed by atoms with Crippen LogP contribution in [0.4, 0.5) is 0 Å². The van der Waals surface area contributed by atoms with Gasteiger partial charge in [-0.1, -0.05) is 13.3 Å². The first kappa shape index (κ1) is 15.3. The second-order valence-corrected chi connectivity index (χ2v) is 6.54. The van der Waals surface area contributed by atoms with Gasteiger partial charge in [0.1, 0.15) is 0 Å². The van der Waals surface area contributed by atoms with Crippen LogP contribution < -0.4 is 5.32 Å². The molecule has 2 unspecified atom stereocenters. The number of nitrogens with one attached hydrogen (secondary N) is 1. The number of carbonyl (C=O) groups excluding carboxylic acids is 1. The van der Waals surface area contributed by atoms with Gasteiger partial charge < -0.3 is 15.2 Å². The van der Waals surface area contributed by atoms with Crippen LogP contribution in [-0.4, -0.2) is 36.7 Å². The van der Waals surface area contributed by atoms with Gasteiger partial charge in [0.15, 0.2) is 0 Å². The molecule has 2 aliphatic rings. The summed E-state index contributed by atoms with van der Waals surface area (Å²) in [6, 6.07) is 0. The number of carboxylic acid groups (broad SMARTS) is 1. The van der Waals surface area contributed by atoms with Crippen LogP contribution >= 0.6 is 0 Å². The monoisotopic (exact) mass is 283 g/mol. The number of hydrogen-bond acceptors (Lipinski definition) is 3. The summed E-state index contributed by atoms with van der Waals surface area (Å²) in [5.74, 6) is -1.21. The molecule has 2 N–H and O–H groups in total. The number of carboxylic acids is 1. The molecule has 1 aliphatic carbocycles. The Kier molecular flexibility index (Phi) is 5.02. The lowest BCUT2D eigenvalue weighted by molar-refractivity contribution is -0.144. The van der Waals surface area contributed by atoms with Gasteiger partial charge in [0, 0.05) is 25.7 Å². The molecule has 0 spiro atoms. The lowest BCUT2D eigenvalue weighted by Gasteiger charge is -2.34. The lowest BCUT2D eigenvalue weighted by Crippen LogP contribution is -2.42. The molecule has 2 rings (SSSR count). The van der Waals surface area contributed by atoms with E-state index in [2.05, 4.69) is 12.2 Å². The second kappa shape index (κ2) is 6.57. The van der Waals surface area contributed by atoms with Crippen LogP contribution in [0, 0.1) is 17.3 Å². The van der Waals surface area contributed by atoms with Gasteiger partial charge in [-0.3, -0.25) is 9.59 Å². The summed E-state index contributed by atoms with van der Waals surface area (Å²) < 4.78 is 5.35. The van der Waals surface area contributed by atoms with Gasteiger partial charge in [0.25, 0.3) is 0 Å². The Labute approximate surface area is 120 Å². The van der Waals surface area contributed by atoms with E-state index in [4.69, 9.17) is 9.84 Å². The summed E-state index contributed by atoms with van der Waals surface area (Å²) in [6.45, 7) is 4.37. The molecule has 0 radical (unpaired) electrons. The summed E-state index contributed by atoms with van der Waals surface area (Å²) in [5.41, 5.74) is 0.120. The third-order valence-corrected chi connectivity index (χ3v) is 4.78. The van der Waals surface area contributed by atoms with E-state index >= 15 is 0 Å². The minimum Gasteiger partial charge on any atom is -0.481 e. The van der Waals surface area contributed by atoms with Crippen LogP contribution in [0.15, 0.2) is 0 Å². The number of carbonyl (C=O) groups is 2. The van der Waals surface area contributed by atoms with E-state index in [9.17, 15) is 9.59 Å². The molecule has 0 bridgehead atoms. The van der Waals surface area contributed by atoms with Crippen molar-refractivity contribution in [3.8, 4) is 0 Å². The minimum atomic E-state index is -0.765. The molecular weight excluding hydrogens is 258 g/mol. The smallest absolute Gasteiger partial charge is 0.306 e. The van der Waals surface area contributed by atoms with Gasteiger partial charge in [0.2, 0.25) is 5.91 Å². The van der Waals surface area contributed by atoms with Crippen molar-refractivity contribution in [1.82, 2.24) is 5.32 Å². The number of amides is 1. The molecule has 1 heterocycles. The predicted molar refractivity (Wildman–Crippen MR) is 74.3 cm³/mol. The van der Waals surface area contributed by atoms with Crippen LogP contribution in [0.25, 0.3) is 0 Å². The van der Waals surface area contributed by atoms with Gasteiger partial charge in [-0.15, -0.1) is 0 Å².